The molecule has 1 aliphatic heterocycles. The van der Waals surface area contributed by atoms with E-state index in [9.17, 15) is 0 Å². The van der Waals surface area contributed by atoms with Crippen molar-refractivity contribution < 1.29 is 0 Å². The monoisotopic (exact) mass is 252 g/mol. The van der Waals surface area contributed by atoms with Crippen LogP contribution in [0.4, 0.5) is 0 Å². The van der Waals surface area contributed by atoms with E-state index in [1.807, 2.05) is 0 Å². The highest BCUT2D eigenvalue weighted by atomic mass is 32.2. The lowest BCUT2D eigenvalue weighted by Gasteiger charge is -2.21. The zero-order chi connectivity index (χ0) is 12.3. The molecule has 0 aromatic carbocycles. The lowest BCUT2D eigenvalue weighted by atomic mass is 10.0. The molecule has 17 heavy (non-hydrogen) atoms. The molecule has 2 heterocycles. The second-order valence-corrected chi connectivity index (χ2v) is 6.37. The predicted molar refractivity (Wildman–Crippen MR) is 76.6 cm³/mol. The molecule has 0 amide bonds. The van der Waals surface area contributed by atoms with Crippen molar-refractivity contribution in [1.82, 2.24) is 9.88 Å². The molecule has 1 N–H and O–H groups in total. The van der Waals surface area contributed by atoms with Gasteiger partial charge in [0, 0.05) is 25.0 Å². The summed E-state index contributed by atoms with van der Waals surface area (Å²) < 4.78 is 2.27. The van der Waals surface area contributed by atoms with Crippen molar-refractivity contribution >= 4 is 11.8 Å². The summed E-state index contributed by atoms with van der Waals surface area (Å²) in [5.41, 5.74) is 4.21. The van der Waals surface area contributed by atoms with Gasteiger partial charge in [0.2, 0.25) is 0 Å². The van der Waals surface area contributed by atoms with E-state index in [1.54, 1.807) is 0 Å². The molecular weight excluding hydrogens is 228 g/mol. The van der Waals surface area contributed by atoms with Crippen LogP contribution < -0.4 is 5.32 Å². The van der Waals surface area contributed by atoms with Crippen LogP contribution >= 0.6 is 11.8 Å². The van der Waals surface area contributed by atoms with Crippen molar-refractivity contribution in [2.45, 2.75) is 33.2 Å². The number of rotatable bonds is 4. The third-order valence-electron chi connectivity index (χ3n) is 3.97. The molecule has 0 saturated carbocycles. The molecule has 0 spiro atoms. The normalized spacial score (nSPS) is 17.6. The van der Waals surface area contributed by atoms with Crippen molar-refractivity contribution in [2.24, 2.45) is 13.0 Å². The Morgan fingerprint density at radius 1 is 1.35 bits per heavy atom. The van der Waals surface area contributed by atoms with Gasteiger partial charge in [0.25, 0.3) is 0 Å². The quantitative estimate of drug-likeness (QED) is 0.887. The van der Waals surface area contributed by atoms with Gasteiger partial charge in [0.1, 0.15) is 0 Å². The fraction of sp³-hybridized carbons (Fsp3) is 0.714. The highest BCUT2D eigenvalue weighted by Crippen LogP contribution is 2.22. The first-order valence-corrected chi connectivity index (χ1v) is 7.74. The Morgan fingerprint density at radius 3 is 2.65 bits per heavy atom. The number of aromatic nitrogens is 1. The highest BCUT2D eigenvalue weighted by molar-refractivity contribution is 7.99. The van der Waals surface area contributed by atoms with Crippen LogP contribution in [0.3, 0.4) is 0 Å². The Hall–Kier alpha value is -0.410. The van der Waals surface area contributed by atoms with E-state index in [4.69, 9.17) is 0 Å². The summed E-state index contributed by atoms with van der Waals surface area (Å²) in [6.45, 7) is 6.60. The van der Waals surface area contributed by atoms with Gasteiger partial charge in [-0.05, 0) is 62.3 Å². The maximum absolute atomic E-state index is 3.63. The first-order chi connectivity index (χ1) is 8.18. The van der Waals surface area contributed by atoms with Gasteiger partial charge in [-0.2, -0.15) is 11.8 Å². The standard InChI is InChI=1S/C14H24N2S/c1-11-8-14(12(2)16(11)3)10-15-9-13-4-6-17-7-5-13/h8,13,15H,4-7,9-10H2,1-3H3. The Morgan fingerprint density at radius 2 is 2.06 bits per heavy atom. The van der Waals surface area contributed by atoms with Crippen molar-refractivity contribution in [2.75, 3.05) is 18.1 Å². The van der Waals surface area contributed by atoms with Crippen molar-refractivity contribution in [3.8, 4) is 0 Å². The summed E-state index contributed by atoms with van der Waals surface area (Å²) in [7, 11) is 2.15. The van der Waals surface area contributed by atoms with Crippen LogP contribution in [0.1, 0.15) is 29.8 Å². The minimum Gasteiger partial charge on any atom is -0.352 e. The van der Waals surface area contributed by atoms with Crippen molar-refractivity contribution in [3.05, 3.63) is 23.0 Å². The molecule has 1 saturated heterocycles. The predicted octanol–water partition coefficient (Wildman–Crippen LogP) is 2.87. The van der Waals surface area contributed by atoms with E-state index in [1.165, 1.54) is 47.8 Å². The third kappa shape index (κ3) is 3.29. The second kappa shape index (κ2) is 5.96. The fourth-order valence-electron chi connectivity index (χ4n) is 2.47. The topological polar surface area (TPSA) is 17.0 Å². The van der Waals surface area contributed by atoms with Crippen LogP contribution in [0.2, 0.25) is 0 Å². The zero-order valence-electron chi connectivity index (χ0n) is 11.3. The lowest BCUT2D eigenvalue weighted by molar-refractivity contribution is 0.447. The fourth-order valence-corrected chi connectivity index (χ4v) is 3.68. The highest BCUT2D eigenvalue weighted by Gasteiger charge is 2.13. The molecule has 1 fully saturated rings. The van der Waals surface area contributed by atoms with E-state index < -0.39 is 0 Å². The van der Waals surface area contributed by atoms with Gasteiger partial charge in [0.05, 0.1) is 0 Å². The number of aryl methyl sites for hydroxylation is 1. The average Bonchev–Trinajstić information content (AvgIpc) is 2.59. The maximum Gasteiger partial charge on any atom is 0.0223 e. The van der Waals surface area contributed by atoms with E-state index in [2.05, 4.69) is 48.6 Å². The van der Waals surface area contributed by atoms with Crippen molar-refractivity contribution in [3.63, 3.8) is 0 Å². The second-order valence-electron chi connectivity index (χ2n) is 5.14. The van der Waals surface area contributed by atoms with Crippen LogP contribution in [-0.2, 0) is 13.6 Å². The third-order valence-corrected chi connectivity index (χ3v) is 5.02. The Balaban J connectivity index is 1.79. The molecule has 3 heteroatoms. The largest absolute Gasteiger partial charge is 0.352 e. The van der Waals surface area contributed by atoms with Gasteiger partial charge in [-0.25, -0.2) is 0 Å². The van der Waals surface area contributed by atoms with Gasteiger partial charge < -0.3 is 9.88 Å². The number of nitrogens with zero attached hydrogens (tertiary/aromatic N) is 1. The van der Waals surface area contributed by atoms with E-state index in [0.717, 1.165) is 12.5 Å². The smallest absolute Gasteiger partial charge is 0.0223 e. The number of hydrogen-bond donors (Lipinski definition) is 1. The van der Waals surface area contributed by atoms with Gasteiger partial charge in [0.15, 0.2) is 0 Å². The van der Waals surface area contributed by atoms with Crippen molar-refractivity contribution in [1.29, 1.82) is 0 Å². The summed E-state index contributed by atoms with van der Waals surface area (Å²) in [4.78, 5) is 0. The van der Waals surface area contributed by atoms with E-state index in [-0.39, 0.29) is 0 Å². The van der Waals surface area contributed by atoms with Gasteiger partial charge in [-0.15, -0.1) is 0 Å². The molecule has 0 unspecified atom stereocenters. The van der Waals surface area contributed by atoms with Crippen LogP contribution in [0.25, 0.3) is 0 Å². The Kier molecular flexibility index (Phi) is 4.57. The molecular formula is C14H24N2S. The molecule has 2 nitrogen and oxygen atoms in total. The summed E-state index contributed by atoms with van der Waals surface area (Å²) in [5, 5.41) is 3.63. The van der Waals surface area contributed by atoms with Crippen LogP contribution in [0, 0.1) is 19.8 Å². The minimum atomic E-state index is 0.904. The molecule has 96 valence electrons. The molecule has 0 radical (unpaired) electrons. The average molecular weight is 252 g/mol. The van der Waals surface area contributed by atoms with Crippen LogP contribution in [0.5, 0.6) is 0 Å². The number of thioether (sulfide) groups is 1. The zero-order valence-corrected chi connectivity index (χ0v) is 12.1. The van der Waals surface area contributed by atoms with Crippen LogP contribution in [0.15, 0.2) is 6.07 Å². The molecule has 1 aromatic rings. The van der Waals surface area contributed by atoms with Gasteiger partial charge in [-0.3, -0.25) is 0 Å². The molecule has 1 aliphatic rings. The first-order valence-electron chi connectivity index (χ1n) is 6.58. The lowest BCUT2D eigenvalue weighted by Crippen LogP contribution is -2.25. The SMILES string of the molecule is Cc1cc(CNCC2CCSCC2)c(C)n1C. The summed E-state index contributed by atoms with van der Waals surface area (Å²) >= 11 is 2.11. The summed E-state index contributed by atoms with van der Waals surface area (Å²) in [6, 6.07) is 2.30. The van der Waals surface area contributed by atoms with Crippen LogP contribution in [-0.4, -0.2) is 22.6 Å². The molecule has 0 bridgehead atoms. The summed E-state index contributed by atoms with van der Waals surface area (Å²) in [5.74, 6) is 3.62. The van der Waals surface area contributed by atoms with Gasteiger partial charge >= 0.3 is 0 Å². The molecule has 1 aromatic heterocycles. The maximum atomic E-state index is 3.63. The minimum absolute atomic E-state index is 0.904. The van der Waals surface area contributed by atoms with E-state index >= 15 is 0 Å². The summed E-state index contributed by atoms with van der Waals surface area (Å²) in [6.07, 6.45) is 2.79. The number of hydrogen-bond acceptors (Lipinski definition) is 2. The molecule has 2 rings (SSSR count). The molecule has 0 atom stereocenters. The Bertz CT molecular complexity index is 365. The van der Waals surface area contributed by atoms with Gasteiger partial charge in [-0.1, -0.05) is 0 Å². The molecule has 0 aliphatic carbocycles. The Labute approximate surface area is 109 Å². The first kappa shape index (κ1) is 13.0. The number of nitrogens with one attached hydrogen (secondary N) is 1. The van der Waals surface area contributed by atoms with E-state index in [0.29, 0.717) is 0 Å².